The Morgan fingerprint density at radius 3 is 2.89 bits per heavy atom. The molecule has 2 heterocycles. The third-order valence-electron chi connectivity index (χ3n) is 3.75. The van der Waals surface area contributed by atoms with Crippen molar-refractivity contribution >= 4 is 22.3 Å². The summed E-state index contributed by atoms with van der Waals surface area (Å²) < 4.78 is 0. The number of rotatable bonds is 4. The van der Waals surface area contributed by atoms with Gasteiger partial charge < -0.3 is 16.0 Å². The van der Waals surface area contributed by atoms with Crippen LogP contribution in [0.4, 0.5) is 11.4 Å². The predicted molar refractivity (Wildman–Crippen MR) is 80.3 cm³/mol. The molecule has 3 rings (SSSR count). The van der Waals surface area contributed by atoms with Crippen LogP contribution in [0.2, 0.25) is 0 Å². The average Bonchev–Trinajstić information content (AvgIpc) is 2.95. The number of aromatic nitrogens is 1. The fraction of sp³-hybridized carbons (Fsp3) is 0.400. The summed E-state index contributed by atoms with van der Waals surface area (Å²) in [5.41, 5.74) is 8.80. The molecule has 0 bridgehead atoms. The highest BCUT2D eigenvalue weighted by Crippen LogP contribution is 2.26. The number of pyridine rings is 1. The number of nitrogens with zero attached hydrogens (tertiary/aromatic N) is 2. The average molecular weight is 256 g/mol. The van der Waals surface area contributed by atoms with Crippen LogP contribution in [0.1, 0.15) is 12.8 Å². The first kappa shape index (κ1) is 12.2. The molecule has 0 aliphatic carbocycles. The molecule has 1 saturated heterocycles. The van der Waals surface area contributed by atoms with E-state index in [0.29, 0.717) is 0 Å². The summed E-state index contributed by atoms with van der Waals surface area (Å²) >= 11 is 0. The van der Waals surface area contributed by atoms with Crippen molar-refractivity contribution in [2.24, 2.45) is 0 Å². The molecule has 0 radical (unpaired) electrons. The fourth-order valence-electron chi connectivity index (χ4n) is 2.69. The minimum absolute atomic E-state index is 0.785. The van der Waals surface area contributed by atoms with E-state index in [0.717, 1.165) is 35.4 Å². The first-order chi connectivity index (χ1) is 9.34. The van der Waals surface area contributed by atoms with Crippen molar-refractivity contribution < 1.29 is 0 Å². The Hall–Kier alpha value is -1.81. The van der Waals surface area contributed by atoms with Gasteiger partial charge in [0.1, 0.15) is 0 Å². The lowest BCUT2D eigenvalue weighted by atomic mass is 10.1. The molecule has 0 amide bonds. The quantitative estimate of drug-likeness (QED) is 0.824. The van der Waals surface area contributed by atoms with E-state index in [1.165, 1.54) is 25.9 Å². The molecule has 2 aromatic rings. The normalized spacial score (nSPS) is 16.0. The van der Waals surface area contributed by atoms with Crippen LogP contribution in [0, 0.1) is 0 Å². The van der Waals surface area contributed by atoms with Crippen LogP contribution in [0.3, 0.4) is 0 Å². The van der Waals surface area contributed by atoms with Gasteiger partial charge in [-0.15, -0.1) is 0 Å². The van der Waals surface area contributed by atoms with Crippen molar-refractivity contribution in [1.82, 2.24) is 9.88 Å². The van der Waals surface area contributed by atoms with Gasteiger partial charge in [0.25, 0.3) is 0 Å². The minimum atomic E-state index is 0.785. The summed E-state index contributed by atoms with van der Waals surface area (Å²) in [6, 6.07) is 7.91. The number of hydrogen-bond donors (Lipinski definition) is 2. The molecule has 19 heavy (non-hydrogen) atoms. The zero-order valence-electron chi connectivity index (χ0n) is 11.1. The summed E-state index contributed by atoms with van der Waals surface area (Å²) in [6.07, 6.45) is 4.49. The van der Waals surface area contributed by atoms with Gasteiger partial charge in [-0.05, 0) is 50.2 Å². The second kappa shape index (κ2) is 5.45. The Kier molecular flexibility index (Phi) is 3.51. The molecule has 1 fully saturated rings. The number of nitrogen functional groups attached to an aromatic ring is 1. The number of nitrogens with one attached hydrogen (secondary N) is 1. The Bertz CT molecular complexity index is 561. The minimum Gasteiger partial charge on any atom is -0.398 e. The molecular weight excluding hydrogens is 236 g/mol. The van der Waals surface area contributed by atoms with Crippen molar-refractivity contribution in [2.75, 3.05) is 37.2 Å². The summed E-state index contributed by atoms with van der Waals surface area (Å²) in [4.78, 5) is 6.94. The maximum atomic E-state index is 5.98. The molecule has 0 atom stereocenters. The highest BCUT2D eigenvalue weighted by Gasteiger charge is 2.11. The molecule has 4 nitrogen and oxygen atoms in total. The maximum absolute atomic E-state index is 5.98. The fourth-order valence-corrected chi connectivity index (χ4v) is 2.69. The van der Waals surface area contributed by atoms with Crippen molar-refractivity contribution in [1.29, 1.82) is 0 Å². The van der Waals surface area contributed by atoms with Crippen LogP contribution in [0.25, 0.3) is 10.9 Å². The van der Waals surface area contributed by atoms with E-state index in [-0.39, 0.29) is 0 Å². The van der Waals surface area contributed by atoms with Crippen LogP contribution >= 0.6 is 0 Å². The third kappa shape index (κ3) is 2.63. The van der Waals surface area contributed by atoms with Crippen molar-refractivity contribution in [3.63, 3.8) is 0 Å². The number of likely N-dealkylation sites (tertiary alicyclic amines) is 1. The van der Waals surface area contributed by atoms with Crippen LogP contribution in [-0.2, 0) is 0 Å². The molecule has 3 N–H and O–H groups in total. The number of anilines is 2. The molecule has 0 spiro atoms. The smallest absolute Gasteiger partial charge is 0.0953 e. The third-order valence-corrected chi connectivity index (χ3v) is 3.75. The van der Waals surface area contributed by atoms with E-state index in [4.69, 9.17) is 5.73 Å². The lowest BCUT2D eigenvalue weighted by Gasteiger charge is -2.16. The van der Waals surface area contributed by atoms with Gasteiger partial charge in [-0.1, -0.05) is 0 Å². The van der Waals surface area contributed by atoms with E-state index < -0.39 is 0 Å². The molecule has 0 unspecified atom stereocenters. The highest BCUT2D eigenvalue weighted by atomic mass is 15.1. The van der Waals surface area contributed by atoms with Gasteiger partial charge in [-0.2, -0.15) is 0 Å². The molecule has 0 saturated carbocycles. The van der Waals surface area contributed by atoms with Crippen molar-refractivity contribution in [3.05, 3.63) is 30.5 Å². The molecule has 1 aromatic carbocycles. The summed E-state index contributed by atoms with van der Waals surface area (Å²) in [7, 11) is 0. The Balaban J connectivity index is 1.72. The van der Waals surface area contributed by atoms with Crippen LogP contribution in [-0.4, -0.2) is 36.1 Å². The number of benzene rings is 1. The zero-order chi connectivity index (χ0) is 13.1. The number of hydrogen-bond acceptors (Lipinski definition) is 4. The van der Waals surface area contributed by atoms with Gasteiger partial charge in [0.15, 0.2) is 0 Å². The summed E-state index contributed by atoms with van der Waals surface area (Å²) in [5.74, 6) is 0. The van der Waals surface area contributed by atoms with Crippen molar-refractivity contribution in [2.45, 2.75) is 12.8 Å². The number of nitrogens with two attached hydrogens (primary N) is 1. The largest absolute Gasteiger partial charge is 0.398 e. The highest BCUT2D eigenvalue weighted by molar-refractivity contribution is 5.98. The second-order valence-corrected chi connectivity index (χ2v) is 5.08. The van der Waals surface area contributed by atoms with E-state index in [9.17, 15) is 0 Å². The molecule has 1 aromatic heterocycles. The lowest BCUT2D eigenvalue weighted by molar-refractivity contribution is 0.353. The van der Waals surface area contributed by atoms with E-state index in [1.807, 2.05) is 30.5 Å². The molecule has 4 heteroatoms. The molecule has 100 valence electrons. The van der Waals surface area contributed by atoms with Gasteiger partial charge in [-0.25, -0.2) is 0 Å². The molecule has 1 aliphatic heterocycles. The standard InChI is InChI=1S/C15H20N4/c16-13-5-6-14(15-12(13)4-3-7-18-15)17-8-11-19-9-1-2-10-19/h3-7,17H,1-2,8-11,16H2. The number of fused-ring (bicyclic) bond motifs is 1. The van der Waals surface area contributed by atoms with E-state index >= 15 is 0 Å². The Morgan fingerprint density at radius 2 is 2.05 bits per heavy atom. The lowest BCUT2D eigenvalue weighted by Crippen LogP contribution is -2.26. The summed E-state index contributed by atoms with van der Waals surface area (Å²) in [6.45, 7) is 4.53. The maximum Gasteiger partial charge on any atom is 0.0953 e. The Morgan fingerprint density at radius 1 is 1.21 bits per heavy atom. The van der Waals surface area contributed by atoms with Crippen molar-refractivity contribution in [3.8, 4) is 0 Å². The first-order valence-electron chi connectivity index (χ1n) is 6.94. The molecule has 1 aliphatic rings. The predicted octanol–water partition coefficient (Wildman–Crippen LogP) is 2.32. The van der Waals surface area contributed by atoms with Crippen LogP contribution < -0.4 is 11.1 Å². The van der Waals surface area contributed by atoms with E-state index in [2.05, 4.69) is 15.2 Å². The van der Waals surface area contributed by atoms with Gasteiger partial charge in [0, 0.05) is 30.4 Å². The van der Waals surface area contributed by atoms with Gasteiger partial charge in [0.2, 0.25) is 0 Å². The zero-order valence-corrected chi connectivity index (χ0v) is 11.1. The SMILES string of the molecule is Nc1ccc(NCCN2CCCC2)c2ncccc12. The van der Waals surface area contributed by atoms with Gasteiger partial charge in [0.05, 0.1) is 11.2 Å². The van der Waals surface area contributed by atoms with Crippen LogP contribution in [0.15, 0.2) is 30.5 Å². The Labute approximate surface area is 113 Å². The summed E-state index contributed by atoms with van der Waals surface area (Å²) in [5, 5.41) is 4.50. The van der Waals surface area contributed by atoms with Gasteiger partial charge >= 0.3 is 0 Å². The van der Waals surface area contributed by atoms with Crippen LogP contribution in [0.5, 0.6) is 0 Å². The van der Waals surface area contributed by atoms with E-state index in [1.54, 1.807) is 0 Å². The molecular formula is C15H20N4. The second-order valence-electron chi connectivity index (χ2n) is 5.08. The topological polar surface area (TPSA) is 54.2 Å². The monoisotopic (exact) mass is 256 g/mol. The first-order valence-corrected chi connectivity index (χ1v) is 6.94. The van der Waals surface area contributed by atoms with Gasteiger partial charge in [-0.3, -0.25) is 4.98 Å².